The van der Waals surface area contributed by atoms with E-state index in [1.165, 1.54) is 6.07 Å². The van der Waals surface area contributed by atoms with E-state index in [4.69, 9.17) is 16.3 Å². The summed E-state index contributed by atoms with van der Waals surface area (Å²) in [6.07, 6.45) is 0. The van der Waals surface area contributed by atoms with Crippen molar-refractivity contribution in [3.63, 3.8) is 0 Å². The van der Waals surface area contributed by atoms with Crippen molar-refractivity contribution in [3.8, 4) is 5.75 Å². The molecule has 0 aliphatic carbocycles. The first-order chi connectivity index (χ1) is 9.61. The number of ether oxygens (including phenoxy) is 1. The zero-order valence-electron chi connectivity index (χ0n) is 11.5. The molecule has 2 nitrogen and oxygen atoms in total. The molecule has 0 unspecified atom stereocenters. The molecule has 2 rings (SSSR count). The predicted octanol–water partition coefficient (Wildman–Crippen LogP) is 4.09. The Hall–Kier alpha value is -1.58. The fourth-order valence-electron chi connectivity index (χ4n) is 1.99. The van der Waals surface area contributed by atoms with Crippen molar-refractivity contribution in [2.24, 2.45) is 0 Å². The van der Waals surface area contributed by atoms with Gasteiger partial charge in [-0.3, -0.25) is 0 Å². The monoisotopic (exact) mass is 293 g/mol. The highest BCUT2D eigenvalue weighted by molar-refractivity contribution is 6.30. The summed E-state index contributed by atoms with van der Waals surface area (Å²) in [6.45, 7) is 2.89. The zero-order valence-corrected chi connectivity index (χ0v) is 12.3. The third kappa shape index (κ3) is 3.50. The van der Waals surface area contributed by atoms with E-state index in [9.17, 15) is 4.39 Å². The van der Waals surface area contributed by atoms with Gasteiger partial charge in [-0.1, -0.05) is 41.4 Å². The van der Waals surface area contributed by atoms with Crippen LogP contribution in [0.3, 0.4) is 0 Å². The van der Waals surface area contributed by atoms with Crippen LogP contribution in [0.1, 0.15) is 16.7 Å². The van der Waals surface area contributed by atoms with Gasteiger partial charge in [-0.25, -0.2) is 4.39 Å². The summed E-state index contributed by atoms with van der Waals surface area (Å²) in [5, 5.41) is 3.21. The summed E-state index contributed by atoms with van der Waals surface area (Å²) in [5.74, 6) is 0.334. The Morgan fingerprint density at radius 1 is 1.20 bits per heavy atom. The van der Waals surface area contributed by atoms with Crippen molar-refractivity contribution in [2.75, 3.05) is 7.05 Å². The molecule has 20 heavy (non-hydrogen) atoms. The summed E-state index contributed by atoms with van der Waals surface area (Å²) in [4.78, 5) is 0. The number of aryl methyl sites for hydroxylation is 1. The number of rotatable bonds is 5. The number of hydrogen-bond donors (Lipinski definition) is 1. The molecule has 0 fully saturated rings. The lowest BCUT2D eigenvalue weighted by molar-refractivity contribution is 0.296. The van der Waals surface area contributed by atoms with E-state index in [0.717, 1.165) is 16.9 Å². The molecule has 106 valence electrons. The molecule has 0 bridgehead atoms. The second kappa shape index (κ2) is 6.73. The highest BCUT2D eigenvalue weighted by atomic mass is 35.5. The molecule has 0 amide bonds. The van der Waals surface area contributed by atoms with Gasteiger partial charge >= 0.3 is 0 Å². The van der Waals surface area contributed by atoms with Crippen molar-refractivity contribution < 1.29 is 9.13 Å². The lowest BCUT2D eigenvalue weighted by atomic mass is 10.1. The standard InChI is InChI=1S/C16H17ClFNO/c1-11-6-7-15(13(8-11)9-19-2)20-10-12-4-3-5-14(17)16(12)18/h3-8,19H,9-10H2,1-2H3. The third-order valence-corrected chi connectivity index (χ3v) is 3.29. The molecule has 4 heteroatoms. The van der Waals surface area contributed by atoms with Crippen molar-refractivity contribution in [2.45, 2.75) is 20.1 Å². The van der Waals surface area contributed by atoms with E-state index in [1.54, 1.807) is 12.1 Å². The maximum atomic E-state index is 13.8. The number of benzene rings is 2. The van der Waals surface area contributed by atoms with Crippen LogP contribution in [0.5, 0.6) is 5.75 Å². The van der Waals surface area contributed by atoms with Gasteiger partial charge in [0.25, 0.3) is 0 Å². The van der Waals surface area contributed by atoms with E-state index in [-0.39, 0.29) is 11.6 Å². The molecule has 0 aliphatic heterocycles. The van der Waals surface area contributed by atoms with Crippen LogP contribution in [-0.4, -0.2) is 7.05 Å². The summed E-state index contributed by atoms with van der Waals surface area (Å²) in [6, 6.07) is 10.9. The SMILES string of the molecule is CNCc1cc(C)ccc1OCc1cccc(Cl)c1F. The predicted molar refractivity (Wildman–Crippen MR) is 79.7 cm³/mol. The molecule has 2 aromatic carbocycles. The first-order valence-corrected chi connectivity index (χ1v) is 6.79. The highest BCUT2D eigenvalue weighted by Gasteiger charge is 2.08. The van der Waals surface area contributed by atoms with E-state index in [2.05, 4.69) is 11.4 Å². The maximum absolute atomic E-state index is 13.8. The maximum Gasteiger partial charge on any atom is 0.148 e. The molecule has 0 saturated heterocycles. The molecule has 0 aromatic heterocycles. The number of halogens is 2. The Bertz CT molecular complexity index is 601. The van der Waals surface area contributed by atoms with Gasteiger partial charge in [0.1, 0.15) is 18.2 Å². The summed E-state index contributed by atoms with van der Waals surface area (Å²) >= 11 is 5.76. The topological polar surface area (TPSA) is 21.3 Å². The van der Waals surface area contributed by atoms with Gasteiger partial charge in [-0.15, -0.1) is 0 Å². The van der Waals surface area contributed by atoms with Crippen LogP contribution in [0, 0.1) is 12.7 Å². The minimum atomic E-state index is -0.420. The van der Waals surface area contributed by atoms with Crippen LogP contribution in [0.25, 0.3) is 0 Å². The normalized spacial score (nSPS) is 10.6. The average Bonchev–Trinajstić information content (AvgIpc) is 2.42. The van der Waals surface area contributed by atoms with Gasteiger partial charge < -0.3 is 10.1 Å². The van der Waals surface area contributed by atoms with E-state index >= 15 is 0 Å². The second-order valence-electron chi connectivity index (χ2n) is 4.64. The quantitative estimate of drug-likeness (QED) is 0.896. The highest BCUT2D eigenvalue weighted by Crippen LogP contribution is 2.23. The van der Waals surface area contributed by atoms with Gasteiger partial charge in [-0.2, -0.15) is 0 Å². The first-order valence-electron chi connectivity index (χ1n) is 6.41. The molecule has 1 N–H and O–H groups in total. The lowest BCUT2D eigenvalue weighted by Crippen LogP contribution is -2.08. The van der Waals surface area contributed by atoms with Crippen LogP contribution >= 0.6 is 11.6 Å². The van der Waals surface area contributed by atoms with E-state index < -0.39 is 5.82 Å². The molecule has 0 heterocycles. The minimum absolute atomic E-state index is 0.116. The molecular formula is C16H17ClFNO. The molecule has 2 aromatic rings. The van der Waals surface area contributed by atoms with Crippen LogP contribution in [-0.2, 0) is 13.2 Å². The van der Waals surface area contributed by atoms with Gasteiger partial charge in [0.05, 0.1) is 5.02 Å². The number of nitrogens with one attached hydrogen (secondary N) is 1. The van der Waals surface area contributed by atoms with Gasteiger partial charge in [0.2, 0.25) is 0 Å². The summed E-state index contributed by atoms with van der Waals surface area (Å²) in [5.41, 5.74) is 2.67. The largest absolute Gasteiger partial charge is 0.488 e. The summed E-state index contributed by atoms with van der Waals surface area (Å²) in [7, 11) is 1.88. The second-order valence-corrected chi connectivity index (χ2v) is 5.05. The van der Waals surface area contributed by atoms with Crippen molar-refractivity contribution >= 4 is 11.6 Å². The average molecular weight is 294 g/mol. The Morgan fingerprint density at radius 3 is 2.75 bits per heavy atom. The van der Waals surface area contributed by atoms with Crippen LogP contribution in [0.15, 0.2) is 36.4 Å². The fourth-order valence-corrected chi connectivity index (χ4v) is 2.19. The Labute approximate surface area is 123 Å². The van der Waals surface area contributed by atoms with Gasteiger partial charge in [0.15, 0.2) is 0 Å². The molecule has 0 spiro atoms. The fraction of sp³-hybridized carbons (Fsp3) is 0.250. The lowest BCUT2D eigenvalue weighted by Gasteiger charge is -2.13. The van der Waals surface area contributed by atoms with Gasteiger partial charge in [-0.05, 0) is 26.1 Å². The third-order valence-electron chi connectivity index (χ3n) is 3.00. The van der Waals surface area contributed by atoms with Crippen molar-refractivity contribution in [1.82, 2.24) is 5.32 Å². The van der Waals surface area contributed by atoms with Crippen molar-refractivity contribution in [3.05, 3.63) is 63.9 Å². The molecular weight excluding hydrogens is 277 g/mol. The smallest absolute Gasteiger partial charge is 0.148 e. The van der Waals surface area contributed by atoms with Crippen LogP contribution < -0.4 is 10.1 Å². The van der Waals surface area contributed by atoms with Gasteiger partial charge in [0, 0.05) is 17.7 Å². The minimum Gasteiger partial charge on any atom is -0.488 e. The van der Waals surface area contributed by atoms with Crippen LogP contribution in [0.4, 0.5) is 4.39 Å². The van der Waals surface area contributed by atoms with Crippen LogP contribution in [0.2, 0.25) is 5.02 Å². The zero-order chi connectivity index (χ0) is 14.5. The molecule has 0 saturated carbocycles. The van der Waals surface area contributed by atoms with E-state index in [1.807, 2.05) is 26.1 Å². The Morgan fingerprint density at radius 2 is 2.00 bits per heavy atom. The molecule has 0 atom stereocenters. The van der Waals surface area contributed by atoms with E-state index in [0.29, 0.717) is 12.1 Å². The molecule has 0 radical (unpaired) electrons. The molecule has 0 aliphatic rings. The first kappa shape index (κ1) is 14.8. The summed E-state index contributed by atoms with van der Waals surface area (Å²) < 4.78 is 19.5. The number of hydrogen-bond acceptors (Lipinski definition) is 2. The Kier molecular flexibility index (Phi) is 4.99. The Balaban J connectivity index is 2.16. The van der Waals surface area contributed by atoms with Crippen molar-refractivity contribution in [1.29, 1.82) is 0 Å².